The van der Waals surface area contributed by atoms with Gasteiger partial charge >= 0.3 is 0 Å². The van der Waals surface area contributed by atoms with Crippen molar-refractivity contribution in [2.24, 2.45) is 17.6 Å². The van der Waals surface area contributed by atoms with E-state index in [1.165, 1.54) is 32.1 Å². The quantitative estimate of drug-likeness (QED) is 0.815. The van der Waals surface area contributed by atoms with E-state index in [0.717, 1.165) is 31.1 Å². The number of ether oxygens (including phenoxy) is 1. The summed E-state index contributed by atoms with van der Waals surface area (Å²) in [7, 11) is 0. The van der Waals surface area contributed by atoms with Crippen LogP contribution in [0.3, 0.4) is 0 Å². The van der Waals surface area contributed by atoms with Crippen LogP contribution in [-0.2, 0) is 9.53 Å². The van der Waals surface area contributed by atoms with E-state index in [2.05, 4.69) is 5.32 Å². The van der Waals surface area contributed by atoms with Crippen molar-refractivity contribution in [2.75, 3.05) is 6.54 Å². The van der Waals surface area contributed by atoms with E-state index in [1.807, 2.05) is 0 Å². The van der Waals surface area contributed by atoms with Crippen LogP contribution in [0.5, 0.6) is 0 Å². The first-order valence-electron chi connectivity index (χ1n) is 7.92. The number of hydrogen-bond donors (Lipinski definition) is 2. The summed E-state index contributed by atoms with van der Waals surface area (Å²) in [6.45, 7) is 0.525. The number of hydrogen-bond acceptors (Lipinski definition) is 3. The maximum atomic E-state index is 12.2. The molecular formula is C15H26N2O2. The summed E-state index contributed by atoms with van der Waals surface area (Å²) >= 11 is 0. The van der Waals surface area contributed by atoms with Gasteiger partial charge in [-0.15, -0.1) is 0 Å². The van der Waals surface area contributed by atoms with Gasteiger partial charge in [-0.05, 0) is 43.9 Å². The van der Waals surface area contributed by atoms with Crippen molar-refractivity contribution in [2.45, 2.75) is 69.6 Å². The minimum atomic E-state index is -0.255. The molecular weight excluding hydrogens is 240 g/mol. The minimum absolute atomic E-state index is 0.0846. The van der Waals surface area contributed by atoms with Crippen LogP contribution in [0.25, 0.3) is 0 Å². The lowest BCUT2D eigenvalue weighted by molar-refractivity contribution is -0.133. The zero-order valence-corrected chi connectivity index (χ0v) is 11.6. The van der Waals surface area contributed by atoms with Crippen LogP contribution in [0.15, 0.2) is 0 Å². The smallest absolute Gasteiger partial charge is 0.249 e. The third-order valence-corrected chi connectivity index (χ3v) is 5.30. The van der Waals surface area contributed by atoms with E-state index in [9.17, 15) is 4.79 Å². The molecule has 0 aromatic rings. The molecule has 19 heavy (non-hydrogen) atoms. The van der Waals surface area contributed by atoms with E-state index in [-0.39, 0.29) is 18.1 Å². The molecule has 0 aromatic heterocycles. The molecule has 0 spiro atoms. The Morgan fingerprint density at radius 1 is 1.11 bits per heavy atom. The van der Waals surface area contributed by atoms with Crippen molar-refractivity contribution in [3.05, 3.63) is 0 Å². The summed E-state index contributed by atoms with van der Waals surface area (Å²) in [4.78, 5) is 12.2. The molecule has 1 saturated heterocycles. The average molecular weight is 266 g/mol. The van der Waals surface area contributed by atoms with Crippen molar-refractivity contribution in [3.8, 4) is 0 Å². The predicted octanol–water partition coefficient (Wildman–Crippen LogP) is 1.58. The number of nitrogens with one attached hydrogen (secondary N) is 1. The molecule has 0 radical (unpaired) electrons. The molecule has 1 aliphatic heterocycles. The lowest BCUT2D eigenvalue weighted by Gasteiger charge is -2.32. The normalized spacial score (nSPS) is 42.1. The Bertz CT molecular complexity index is 334. The molecule has 4 nitrogen and oxygen atoms in total. The molecule has 0 aromatic carbocycles. The number of nitrogens with two attached hydrogens (primary N) is 1. The second-order valence-corrected chi connectivity index (χ2v) is 6.53. The molecule has 3 aliphatic rings. The van der Waals surface area contributed by atoms with Gasteiger partial charge in [0.1, 0.15) is 6.10 Å². The van der Waals surface area contributed by atoms with Crippen LogP contribution < -0.4 is 11.1 Å². The van der Waals surface area contributed by atoms with E-state index in [1.54, 1.807) is 0 Å². The fraction of sp³-hybridized carbons (Fsp3) is 0.933. The van der Waals surface area contributed by atoms with Gasteiger partial charge in [0, 0.05) is 12.6 Å². The number of rotatable bonds is 3. The maximum absolute atomic E-state index is 12.2. The standard InChI is InChI=1S/C15H26N2O2/c16-9-13-6-7-14(19-13)15(18)17-12-5-4-10-2-1-3-11(10)8-12/h10-14H,1-9,16H2,(H,17,18)/t10?,11?,12?,13-,14+/m1/s1. The first kappa shape index (κ1) is 13.4. The largest absolute Gasteiger partial charge is 0.364 e. The molecule has 1 heterocycles. The van der Waals surface area contributed by atoms with Crippen molar-refractivity contribution in [3.63, 3.8) is 0 Å². The van der Waals surface area contributed by atoms with Crippen molar-refractivity contribution < 1.29 is 9.53 Å². The number of fused-ring (bicyclic) bond motifs is 1. The van der Waals surface area contributed by atoms with E-state index in [0.29, 0.717) is 12.6 Å². The molecule has 2 aliphatic carbocycles. The Balaban J connectivity index is 1.47. The van der Waals surface area contributed by atoms with Crippen LogP contribution in [0.1, 0.15) is 51.4 Å². The third kappa shape index (κ3) is 2.95. The maximum Gasteiger partial charge on any atom is 0.249 e. The predicted molar refractivity (Wildman–Crippen MR) is 73.6 cm³/mol. The second kappa shape index (κ2) is 5.80. The van der Waals surface area contributed by atoms with Gasteiger partial charge < -0.3 is 15.8 Å². The molecule has 4 heteroatoms. The van der Waals surface area contributed by atoms with Crippen LogP contribution >= 0.6 is 0 Å². The highest BCUT2D eigenvalue weighted by Crippen LogP contribution is 2.42. The van der Waals surface area contributed by atoms with Gasteiger partial charge in [-0.3, -0.25) is 4.79 Å². The number of carbonyl (C=O) groups is 1. The number of carbonyl (C=O) groups excluding carboxylic acids is 1. The molecule has 1 amide bonds. The fourth-order valence-electron chi connectivity index (χ4n) is 4.20. The zero-order valence-electron chi connectivity index (χ0n) is 11.6. The lowest BCUT2D eigenvalue weighted by atomic mass is 9.79. The van der Waals surface area contributed by atoms with Crippen molar-refractivity contribution >= 4 is 5.91 Å². The van der Waals surface area contributed by atoms with Gasteiger partial charge in [0.2, 0.25) is 5.91 Å². The summed E-state index contributed by atoms with van der Waals surface area (Å²) in [5.41, 5.74) is 5.58. The van der Waals surface area contributed by atoms with Gasteiger partial charge in [0.05, 0.1) is 6.10 Å². The Labute approximate surface area is 115 Å². The Kier molecular flexibility index (Phi) is 4.08. The third-order valence-electron chi connectivity index (χ3n) is 5.30. The fourth-order valence-corrected chi connectivity index (χ4v) is 4.20. The highest BCUT2D eigenvalue weighted by atomic mass is 16.5. The summed E-state index contributed by atoms with van der Waals surface area (Å²) in [5.74, 6) is 1.90. The highest BCUT2D eigenvalue weighted by molar-refractivity contribution is 5.81. The van der Waals surface area contributed by atoms with Crippen LogP contribution in [-0.4, -0.2) is 30.7 Å². The minimum Gasteiger partial charge on any atom is -0.364 e. The molecule has 2 saturated carbocycles. The SMILES string of the molecule is NC[C@H]1CC[C@@H](C(=O)NC2CCC3CCCC3C2)O1. The summed E-state index contributed by atoms with van der Waals surface area (Å²) in [6.07, 6.45) is 9.38. The molecule has 108 valence electrons. The monoisotopic (exact) mass is 266 g/mol. The molecule has 5 atom stereocenters. The first-order chi connectivity index (χ1) is 9.26. The molecule has 3 rings (SSSR count). The topological polar surface area (TPSA) is 64.4 Å². The zero-order chi connectivity index (χ0) is 13.2. The van der Waals surface area contributed by atoms with E-state index >= 15 is 0 Å². The van der Waals surface area contributed by atoms with Crippen LogP contribution in [0.2, 0.25) is 0 Å². The molecule has 3 N–H and O–H groups in total. The summed E-state index contributed by atoms with van der Waals surface area (Å²) in [6, 6.07) is 0.382. The van der Waals surface area contributed by atoms with Gasteiger partial charge in [0.15, 0.2) is 0 Å². The van der Waals surface area contributed by atoms with Gasteiger partial charge in [-0.2, -0.15) is 0 Å². The number of amides is 1. The van der Waals surface area contributed by atoms with Gasteiger partial charge in [0.25, 0.3) is 0 Å². The summed E-state index contributed by atoms with van der Waals surface area (Å²) in [5, 5.41) is 3.21. The van der Waals surface area contributed by atoms with Crippen molar-refractivity contribution in [1.29, 1.82) is 0 Å². The van der Waals surface area contributed by atoms with E-state index < -0.39 is 0 Å². The average Bonchev–Trinajstić information content (AvgIpc) is 3.06. The molecule has 3 unspecified atom stereocenters. The Hall–Kier alpha value is -0.610. The lowest BCUT2D eigenvalue weighted by Crippen LogP contribution is -2.44. The molecule has 0 bridgehead atoms. The Morgan fingerprint density at radius 3 is 2.74 bits per heavy atom. The molecule has 3 fully saturated rings. The van der Waals surface area contributed by atoms with Gasteiger partial charge in [-0.1, -0.05) is 19.3 Å². The summed E-state index contributed by atoms with van der Waals surface area (Å²) < 4.78 is 5.66. The van der Waals surface area contributed by atoms with Gasteiger partial charge in [-0.25, -0.2) is 0 Å². The van der Waals surface area contributed by atoms with E-state index in [4.69, 9.17) is 10.5 Å². The van der Waals surface area contributed by atoms with Crippen LogP contribution in [0, 0.1) is 11.8 Å². The second-order valence-electron chi connectivity index (χ2n) is 6.53. The first-order valence-corrected chi connectivity index (χ1v) is 7.92. The van der Waals surface area contributed by atoms with Crippen LogP contribution in [0.4, 0.5) is 0 Å². The Morgan fingerprint density at radius 2 is 1.95 bits per heavy atom. The van der Waals surface area contributed by atoms with Crippen molar-refractivity contribution in [1.82, 2.24) is 5.32 Å². The highest BCUT2D eigenvalue weighted by Gasteiger charge is 2.36.